The molecule has 1 aromatic rings. The van der Waals surface area contributed by atoms with Gasteiger partial charge in [-0.2, -0.15) is 0 Å². The van der Waals surface area contributed by atoms with Crippen molar-refractivity contribution in [2.75, 3.05) is 5.73 Å². The Morgan fingerprint density at radius 1 is 1.11 bits per heavy atom. The molecule has 2 N–H and O–H groups in total. The zero-order valence-corrected chi connectivity index (χ0v) is 11.3. The molecule has 0 saturated carbocycles. The Labute approximate surface area is 109 Å². The number of anilines is 1. The largest absolute Gasteiger partial charge is 0.594 e. The molecule has 1 rings (SSSR count). The fourth-order valence-corrected chi connectivity index (χ4v) is 1.97. The highest BCUT2D eigenvalue weighted by Gasteiger charge is 2.07. The summed E-state index contributed by atoms with van der Waals surface area (Å²) in [5, 5.41) is 14.9. The average molecular weight is 252 g/mol. The predicted octanol–water partition coefficient (Wildman–Crippen LogP) is 2.38. The van der Waals surface area contributed by atoms with Crippen LogP contribution in [0.3, 0.4) is 0 Å². The number of hydrogen-bond acceptors (Lipinski definition) is 4. The number of nitrogens with zero attached hydrogens (tertiary/aromatic N) is 3. The Balaban J connectivity index is 2.07. The van der Waals surface area contributed by atoms with Gasteiger partial charge in [-0.3, -0.25) is 0 Å². The Bertz CT molecular complexity index is 344. The minimum Gasteiger partial charge on any atom is -0.594 e. The van der Waals surface area contributed by atoms with E-state index in [2.05, 4.69) is 17.0 Å². The summed E-state index contributed by atoms with van der Waals surface area (Å²) in [5.41, 5.74) is 5.93. The summed E-state index contributed by atoms with van der Waals surface area (Å²) in [6.45, 7) is 2.23. The average Bonchev–Trinajstić information content (AvgIpc) is 2.35. The second-order valence-corrected chi connectivity index (χ2v) is 4.71. The third-order valence-electron chi connectivity index (χ3n) is 3.07. The van der Waals surface area contributed by atoms with E-state index in [1.54, 1.807) is 0 Å². The molecule has 1 heterocycles. The molecule has 0 fully saturated rings. The number of aryl methyl sites for hydroxylation is 1. The first kappa shape index (κ1) is 14.7. The normalized spacial score (nSPS) is 10.7. The fourth-order valence-electron chi connectivity index (χ4n) is 1.97. The summed E-state index contributed by atoms with van der Waals surface area (Å²) in [6.07, 6.45) is 12.3. The van der Waals surface area contributed by atoms with E-state index in [1.165, 1.54) is 44.7 Å². The van der Waals surface area contributed by atoms with Crippen molar-refractivity contribution < 1.29 is 4.85 Å². The predicted molar refractivity (Wildman–Crippen MR) is 71.7 cm³/mol. The first-order valence-corrected chi connectivity index (χ1v) is 6.95. The Hall–Kier alpha value is -1.39. The van der Waals surface area contributed by atoms with Gasteiger partial charge >= 0.3 is 0 Å². The van der Waals surface area contributed by atoms with E-state index >= 15 is 0 Å². The molecule has 0 aliphatic carbocycles. The molecule has 0 amide bonds. The monoisotopic (exact) mass is 252 g/mol. The highest BCUT2D eigenvalue weighted by atomic mass is 16.5. The van der Waals surface area contributed by atoms with Crippen molar-refractivity contribution >= 4 is 5.95 Å². The van der Waals surface area contributed by atoms with Crippen molar-refractivity contribution in [2.24, 2.45) is 0 Å². The van der Waals surface area contributed by atoms with Gasteiger partial charge in [-0.05, 0) is 11.3 Å². The maximum absolute atomic E-state index is 11.4. The van der Waals surface area contributed by atoms with Gasteiger partial charge in [0.15, 0.2) is 0 Å². The Kier molecular flexibility index (Phi) is 7.06. The topological polar surface area (TPSA) is 78.7 Å². The summed E-state index contributed by atoms with van der Waals surface area (Å²) >= 11 is 0. The molecule has 0 aromatic carbocycles. The van der Waals surface area contributed by atoms with Crippen LogP contribution in [0, 0.1) is 5.21 Å². The van der Waals surface area contributed by atoms with E-state index in [4.69, 9.17) is 5.73 Å². The number of aromatic nitrogens is 3. The summed E-state index contributed by atoms with van der Waals surface area (Å²) in [4.78, 5) is 4.42. The van der Waals surface area contributed by atoms with Crippen molar-refractivity contribution in [3.05, 3.63) is 17.1 Å². The number of nitrogens with two attached hydrogens (primary N) is 1. The van der Waals surface area contributed by atoms with Crippen LogP contribution in [0.15, 0.2) is 6.20 Å². The lowest BCUT2D eigenvalue weighted by Crippen LogP contribution is -2.37. The molecule has 0 unspecified atom stereocenters. The molecule has 0 bridgehead atoms. The highest BCUT2D eigenvalue weighted by Crippen LogP contribution is 2.09. The van der Waals surface area contributed by atoms with Gasteiger partial charge in [0, 0.05) is 6.42 Å². The molecule has 0 aliphatic rings. The quantitative estimate of drug-likeness (QED) is 0.416. The van der Waals surface area contributed by atoms with E-state index in [0.29, 0.717) is 10.5 Å². The van der Waals surface area contributed by atoms with Gasteiger partial charge in [0.2, 0.25) is 5.69 Å². The van der Waals surface area contributed by atoms with Crippen LogP contribution < -0.4 is 10.6 Å². The molecule has 5 nitrogen and oxygen atoms in total. The van der Waals surface area contributed by atoms with Gasteiger partial charge in [-0.15, -0.1) is 0 Å². The van der Waals surface area contributed by atoms with Crippen LogP contribution in [-0.4, -0.2) is 10.1 Å². The molecule has 0 radical (unpaired) electrons. The number of rotatable bonds is 9. The molecule has 0 atom stereocenters. The molecular weight excluding hydrogens is 228 g/mol. The zero-order chi connectivity index (χ0) is 13.2. The van der Waals surface area contributed by atoms with Crippen LogP contribution in [0.1, 0.15) is 64.0 Å². The second-order valence-electron chi connectivity index (χ2n) is 4.71. The van der Waals surface area contributed by atoms with Crippen molar-refractivity contribution in [1.82, 2.24) is 10.1 Å². The fraction of sp³-hybridized carbons (Fsp3) is 0.769. The lowest BCUT2D eigenvalue weighted by atomic mass is 10.1. The zero-order valence-electron chi connectivity index (χ0n) is 11.3. The van der Waals surface area contributed by atoms with Crippen LogP contribution >= 0.6 is 0 Å². The standard InChI is InChI=1S/C13H24N4O/c1-2-3-4-5-6-7-8-9-10-12-11-15-13(14)16-17(12)18/h11H,2-10H2,1H3,(H2,14,15,16). The summed E-state index contributed by atoms with van der Waals surface area (Å²) in [6, 6.07) is 0. The van der Waals surface area contributed by atoms with Crippen molar-refractivity contribution in [1.29, 1.82) is 0 Å². The van der Waals surface area contributed by atoms with E-state index < -0.39 is 0 Å². The van der Waals surface area contributed by atoms with Gasteiger partial charge in [0.1, 0.15) is 6.20 Å². The van der Waals surface area contributed by atoms with Crippen LogP contribution in [0.2, 0.25) is 0 Å². The Morgan fingerprint density at radius 2 is 1.72 bits per heavy atom. The molecule has 0 spiro atoms. The van der Waals surface area contributed by atoms with Crippen molar-refractivity contribution in [2.45, 2.75) is 64.7 Å². The molecule has 102 valence electrons. The van der Waals surface area contributed by atoms with E-state index in [9.17, 15) is 5.21 Å². The van der Waals surface area contributed by atoms with E-state index in [1.807, 2.05) is 0 Å². The first-order valence-electron chi connectivity index (χ1n) is 6.95. The molecule has 5 heteroatoms. The van der Waals surface area contributed by atoms with Gasteiger partial charge in [-0.25, -0.2) is 4.98 Å². The molecule has 18 heavy (non-hydrogen) atoms. The van der Waals surface area contributed by atoms with Crippen molar-refractivity contribution in [3.63, 3.8) is 0 Å². The maximum atomic E-state index is 11.4. The van der Waals surface area contributed by atoms with Crippen LogP contribution in [0.5, 0.6) is 0 Å². The minimum absolute atomic E-state index is 0.0321. The summed E-state index contributed by atoms with van der Waals surface area (Å²) in [7, 11) is 0. The lowest BCUT2D eigenvalue weighted by molar-refractivity contribution is -0.676. The molecule has 0 saturated heterocycles. The van der Waals surface area contributed by atoms with Gasteiger partial charge in [0.05, 0.1) is 5.10 Å². The number of nitrogen functional groups attached to an aromatic ring is 1. The summed E-state index contributed by atoms with van der Waals surface area (Å²) < 4.78 is 0. The van der Waals surface area contributed by atoms with E-state index in [-0.39, 0.29) is 5.95 Å². The highest BCUT2D eigenvalue weighted by molar-refractivity contribution is 5.08. The molecule has 1 aromatic heterocycles. The number of unbranched alkanes of at least 4 members (excludes halogenated alkanes) is 7. The first-order chi connectivity index (χ1) is 8.74. The maximum Gasteiger partial charge on any atom is 0.287 e. The second kappa shape index (κ2) is 8.66. The van der Waals surface area contributed by atoms with Gasteiger partial charge in [0.25, 0.3) is 5.95 Å². The van der Waals surface area contributed by atoms with Crippen LogP contribution in [0.25, 0.3) is 0 Å². The lowest BCUT2D eigenvalue weighted by Gasteiger charge is -2.02. The SMILES string of the molecule is CCCCCCCCCCc1cnc(N)n[n+]1[O-]. The van der Waals surface area contributed by atoms with E-state index in [0.717, 1.165) is 19.3 Å². The van der Waals surface area contributed by atoms with Crippen molar-refractivity contribution in [3.8, 4) is 0 Å². The third-order valence-corrected chi connectivity index (χ3v) is 3.07. The molecule has 0 aliphatic heterocycles. The Morgan fingerprint density at radius 3 is 2.33 bits per heavy atom. The van der Waals surface area contributed by atoms with Crippen LogP contribution in [0.4, 0.5) is 5.95 Å². The smallest absolute Gasteiger partial charge is 0.287 e. The molecular formula is C13H24N4O. The van der Waals surface area contributed by atoms with Crippen LogP contribution in [-0.2, 0) is 6.42 Å². The number of hydrogen-bond donors (Lipinski definition) is 1. The van der Waals surface area contributed by atoms with Gasteiger partial charge in [-0.1, -0.05) is 51.9 Å². The van der Waals surface area contributed by atoms with Gasteiger partial charge < -0.3 is 10.9 Å². The minimum atomic E-state index is 0.0321. The third kappa shape index (κ3) is 5.80. The summed E-state index contributed by atoms with van der Waals surface area (Å²) in [5.74, 6) is 0.0321.